The van der Waals surface area contributed by atoms with Gasteiger partial charge in [-0.05, 0) is 23.6 Å². The van der Waals surface area contributed by atoms with Gasteiger partial charge in [-0.15, -0.1) is 0 Å². The van der Waals surface area contributed by atoms with Crippen molar-refractivity contribution >= 4 is 23.2 Å². The molecular formula is C16H16Cl2O. The van der Waals surface area contributed by atoms with Crippen LogP contribution in [0.4, 0.5) is 0 Å². The maximum Gasteiger partial charge on any atom is 0.0845 e. The van der Waals surface area contributed by atoms with Gasteiger partial charge in [-0.1, -0.05) is 66.5 Å². The Hall–Kier alpha value is -1.02. The van der Waals surface area contributed by atoms with Crippen LogP contribution in [0.5, 0.6) is 0 Å². The largest absolute Gasteiger partial charge is 0.388 e. The van der Waals surface area contributed by atoms with Crippen molar-refractivity contribution in [3.63, 3.8) is 0 Å². The molecule has 3 heteroatoms. The number of benzene rings is 2. The molecule has 0 aliphatic carbocycles. The molecule has 0 fully saturated rings. The van der Waals surface area contributed by atoms with Gasteiger partial charge >= 0.3 is 0 Å². The lowest BCUT2D eigenvalue weighted by Crippen LogP contribution is -2.03. The van der Waals surface area contributed by atoms with Gasteiger partial charge in [-0.2, -0.15) is 0 Å². The Bertz CT molecular complexity index is 549. The number of rotatable bonds is 4. The van der Waals surface area contributed by atoms with Gasteiger partial charge in [0, 0.05) is 12.0 Å². The molecule has 0 aliphatic rings. The van der Waals surface area contributed by atoms with E-state index < -0.39 is 6.10 Å². The molecule has 19 heavy (non-hydrogen) atoms. The van der Waals surface area contributed by atoms with Gasteiger partial charge in [0.25, 0.3) is 0 Å². The summed E-state index contributed by atoms with van der Waals surface area (Å²) in [5.41, 5.74) is 3.05. The van der Waals surface area contributed by atoms with E-state index in [2.05, 4.69) is 19.1 Å². The van der Waals surface area contributed by atoms with Crippen molar-refractivity contribution in [2.75, 3.05) is 0 Å². The molecule has 0 aromatic heterocycles. The molecule has 1 nitrogen and oxygen atoms in total. The molecule has 2 aromatic carbocycles. The molecule has 1 N–H and O–H groups in total. The van der Waals surface area contributed by atoms with Crippen molar-refractivity contribution in [3.8, 4) is 0 Å². The number of halogens is 2. The van der Waals surface area contributed by atoms with Crippen LogP contribution in [-0.2, 0) is 12.8 Å². The van der Waals surface area contributed by atoms with Gasteiger partial charge in [-0.3, -0.25) is 0 Å². The Morgan fingerprint density at radius 3 is 2.26 bits per heavy atom. The zero-order valence-electron chi connectivity index (χ0n) is 10.7. The van der Waals surface area contributed by atoms with Crippen LogP contribution in [0.3, 0.4) is 0 Å². The Balaban J connectivity index is 2.15. The highest BCUT2D eigenvalue weighted by Gasteiger charge is 2.14. The zero-order valence-corrected chi connectivity index (χ0v) is 12.2. The molecule has 0 aliphatic heterocycles. The summed E-state index contributed by atoms with van der Waals surface area (Å²) < 4.78 is 0. The first kappa shape index (κ1) is 14.4. The molecule has 0 spiro atoms. The summed E-state index contributed by atoms with van der Waals surface area (Å²) >= 11 is 12.1. The summed E-state index contributed by atoms with van der Waals surface area (Å²) in [7, 11) is 0. The number of hydrogen-bond acceptors (Lipinski definition) is 1. The van der Waals surface area contributed by atoms with E-state index in [9.17, 15) is 5.11 Å². The van der Waals surface area contributed by atoms with Crippen LogP contribution in [0.1, 0.15) is 29.7 Å². The average molecular weight is 295 g/mol. The standard InChI is InChI=1S/C16H16Cl2O/c1-2-11-6-8-12(9-7-11)10-15(19)13-4-3-5-14(17)16(13)18/h3-9,15,19H,2,10H2,1H3. The molecule has 0 radical (unpaired) electrons. The second-order valence-electron chi connectivity index (χ2n) is 4.53. The first-order valence-corrected chi connectivity index (χ1v) is 7.07. The molecule has 100 valence electrons. The highest BCUT2D eigenvalue weighted by atomic mass is 35.5. The van der Waals surface area contributed by atoms with Gasteiger partial charge in [0.1, 0.15) is 0 Å². The third kappa shape index (κ3) is 3.50. The summed E-state index contributed by atoms with van der Waals surface area (Å²) in [5, 5.41) is 11.2. The van der Waals surface area contributed by atoms with Gasteiger partial charge in [0.05, 0.1) is 16.1 Å². The van der Waals surface area contributed by atoms with E-state index in [0.29, 0.717) is 22.0 Å². The smallest absolute Gasteiger partial charge is 0.0845 e. The van der Waals surface area contributed by atoms with Gasteiger partial charge in [0.2, 0.25) is 0 Å². The van der Waals surface area contributed by atoms with Crippen molar-refractivity contribution in [3.05, 3.63) is 69.2 Å². The SMILES string of the molecule is CCc1ccc(CC(O)c2cccc(Cl)c2Cl)cc1. The molecule has 0 saturated carbocycles. The fourth-order valence-electron chi connectivity index (χ4n) is 2.02. The quantitative estimate of drug-likeness (QED) is 0.856. The number of aryl methyl sites for hydroxylation is 1. The summed E-state index contributed by atoms with van der Waals surface area (Å²) in [4.78, 5) is 0. The molecule has 2 rings (SSSR count). The van der Waals surface area contributed by atoms with Crippen molar-refractivity contribution in [1.82, 2.24) is 0 Å². The average Bonchev–Trinajstić information content (AvgIpc) is 2.42. The Labute approximate surface area is 123 Å². The summed E-state index contributed by atoms with van der Waals surface area (Å²) in [5.74, 6) is 0. The van der Waals surface area contributed by atoms with Crippen LogP contribution >= 0.6 is 23.2 Å². The monoisotopic (exact) mass is 294 g/mol. The zero-order chi connectivity index (χ0) is 13.8. The normalized spacial score (nSPS) is 12.4. The number of aliphatic hydroxyl groups is 1. The van der Waals surface area contributed by atoms with E-state index in [4.69, 9.17) is 23.2 Å². The molecule has 2 aromatic rings. The van der Waals surface area contributed by atoms with Crippen molar-refractivity contribution < 1.29 is 5.11 Å². The van der Waals surface area contributed by atoms with Gasteiger partial charge in [0.15, 0.2) is 0 Å². The third-order valence-corrected chi connectivity index (χ3v) is 4.03. The predicted octanol–water partition coefficient (Wildman–Crippen LogP) is 4.83. The molecule has 0 saturated heterocycles. The maximum absolute atomic E-state index is 10.3. The Kier molecular flexibility index (Phi) is 4.87. The summed E-state index contributed by atoms with van der Waals surface area (Å²) in [6.45, 7) is 2.12. The van der Waals surface area contributed by atoms with Crippen molar-refractivity contribution in [2.24, 2.45) is 0 Å². The molecular weight excluding hydrogens is 279 g/mol. The Morgan fingerprint density at radius 2 is 1.63 bits per heavy atom. The number of aliphatic hydroxyl groups excluding tert-OH is 1. The lowest BCUT2D eigenvalue weighted by Gasteiger charge is -2.13. The van der Waals surface area contributed by atoms with E-state index >= 15 is 0 Å². The number of hydrogen-bond donors (Lipinski definition) is 1. The second kappa shape index (κ2) is 6.42. The van der Waals surface area contributed by atoms with E-state index in [1.54, 1.807) is 18.2 Å². The van der Waals surface area contributed by atoms with Crippen LogP contribution in [0.2, 0.25) is 10.0 Å². The summed E-state index contributed by atoms with van der Waals surface area (Å²) in [6.07, 6.45) is 0.909. The predicted molar refractivity (Wildman–Crippen MR) is 80.9 cm³/mol. The van der Waals surface area contributed by atoms with Crippen molar-refractivity contribution in [1.29, 1.82) is 0 Å². The van der Waals surface area contributed by atoms with Crippen LogP contribution in [-0.4, -0.2) is 5.11 Å². The minimum absolute atomic E-state index is 0.432. The van der Waals surface area contributed by atoms with Crippen LogP contribution < -0.4 is 0 Å². The molecule has 1 unspecified atom stereocenters. The second-order valence-corrected chi connectivity index (χ2v) is 5.32. The molecule has 0 heterocycles. The molecule has 0 amide bonds. The van der Waals surface area contributed by atoms with E-state index in [1.807, 2.05) is 12.1 Å². The lowest BCUT2D eigenvalue weighted by molar-refractivity contribution is 0.178. The Morgan fingerprint density at radius 1 is 1.00 bits per heavy atom. The first-order chi connectivity index (χ1) is 9.11. The highest BCUT2D eigenvalue weighted by Crippen LogP contribution is 2.31. The third-order valence-electron chi connectivity index (χ3n) is 3.20. The lowest BCUT2D eigenvalue weighted by atomic mass is 10.00. The summed E-state index contributed by atoms with van der Waals surface area (Å²) in [6, 6.07) is 13.6. The maximum atomic E-state index is 10.3. The van der Waals surface area contributed by atoms with E-state index in [0.717, 1.165) is 12.0 Å². The fraction of sp³-hybridized carbons (Fsp3) is 0.250. The topological polar surface area (TPSA) is 20.2 Å². The molecule has 1 atom stereocenters. The highest BCUT2D eigenvalue weighted by molar-refractivity contribution is 6.42. The van der Waals surface area contributed by atoms with E-state index in [1.165, 1.54) is 5.56 Å². The van der Waals surface area contributed by atoms with Gasteiger partial charge < -0.3 is 5.11 Å². The first-order valence-electron chi connectivity index (χ1n) is 6.31. The fourth-order valence-corrected chi connectivity index (χ4v) is 2.46. The minimum atomic E-state index is -0.640. The van der Waals surface area contributed by atoms with Crippen LogP contribution in [0.25, 0.3) is 0 Å². The van der Waals surface area contributed by atoms with Crippen LogP contribution in [0.15, 0.2) is 42.5 Å². The van der Waals surface area contributed by atoms with E-state index in [-0.39, 0.29) is 0 Å². The van der Waals surface area contributed by atoms with Crippen molar-refractivity contribution in [2.45, 2.75) is 25.9 Å². The van der Waals surface area contributed by atoms with Crippen LogP contribution in [0, 0.1) is 0 Å². The van der Waals surface area contributed by atoms with Gasteiger partial charge in [-0.25, -0.2) is 0 Å². The molecule has 0 bridgehead atoms. The minimum Gasteiger partial charge on any atom is -0.388 e.